The summed E-state index contributed by atoms with van der Waals surface area (Å²) in [4.78, 5) is 8.56. The van der Waals surface area contributed by atoms with Crippen molar-refractivity contribution in [3.63, 3.8) is 0 Å². The molecule has 5 heteroatoms. The number of rotatable bonds is 1. The normalized spacial score (nSPS) is 9.81. The van der Waals surface area contributed by atoms with E-state index in [0.717, 1.165) is 17.0 Å². The third kappa shape index (κ3) is 1.93. The highest BCUT2D eigenvalue weighted by molar-refractivity contribution is 5.66. The highest BCUT2D eigenvalue weighted by atomic mass is 15.1. The van der Waals surface area contributed by atoms with Gasteiger partial charge in [0.2, 0.25) is 0 Å². The van der Waals surface area contributed by atoms with Crippen LogP contribution in [0.4, 0.5) is 11.6 Å². The highest BCUT2D eigenvalue weighted by Gasteiger charge is 2.09. The molecule has 2 aromatic rings. The number of nitrogens with zero attached hydrogens (tertiary/aromatic N) is 3. The van der Waals surface area contributed by atoms with Crippen LogP contribution in [0.15, 0.2) is 6.20 Å². The zero-order valence-electron chi connectivity index (χ0n) is 10.5. The Morgan fingerprint density at radius 1 is 1.25 bits per heavy atom. The second-order valence-corrected chi connectivity index (χ2v) is 3.24. The number of anilines is 2. The number of aryl methyl sites for hydroxylation is 2. The van der Waals surface area contributed by atoms with Gasteiger partial charge >= 0.3 is 0 Å². The number of imidazole rings is 1. The highest BCUT2D eigenvalue weighted by Crippen LogP contribution is 2.18. The van der Waals surface area contributed by atoms with Crippen molar-refractivity contribution in [1.82, 2.24) is 14.4 Å². The molecule has 0 saturated heterocycles. The van der Waals surface area contributed by atoms with E-state index >= 15 is 0 Å². The molecule has 0 aliphatic heterocycles. The quantitative estimate of drug-likeness (QED) is 0.772. The third-order valence-corrected chi connectivity index (χ3v) is 2.34. The number of hydrogen-bond acceptors (Lipinski definition) is 4. The van der Waals surface area contributed by atoms with Crippen molar-refractivity contribution in [2.24, 2.45) is 0 Å². The van der Waals surface area contributed by atoms with Gasteiger partial charge in [-0.05, 0) is 13.8 Å². The largest absolute Gasteiger partial charge is 0.382 e. The predicted molar refractivity (Wildman–Crippen MR) is 67.8 cm³/mol. The van der Waals surface area contributed by atoms with E-state index in [1.54, 1.807) is 13.2 Å². The van der Waals surface area contributed by atoms with Crippen LogP contribution in [0.25, 0.3) is 5.65 Å². The first kappa shape index (κ1) is 12.3. The average Bonchev–Trinajstić information content (AvgIpc) is 2.58. The maximum Gasteiger partial charge on any atom is 0.180 e. The Hall–Kier alpha value is -1.78. The van der Waals surface area contributed by atoms with Gasteiger partial charge in [-0.3, -0.25) is 4.40 Å². The van der Waals surface area contributed by atoms with Crippen molar-refractivity contribution < 1.29 is 0 Å². The van der Waals surface area contributed by atoms with Gasteiger partial charge < -0.3 is 11.1 Å². The van der Waals surface area contributed by atoms with E-state index in [0.29, 0.717) is 11.6 Å². The molecule has 5 nitrogen and oxygen atoms in total. The van der Waals surface area contributed by atoms with Crippen LogP contribution >= 0.6 is 0 Å². The van der Waals surface area contributed by atoms with E-state index in [-0.39, 0.29) is 0 Å². The van der Waals surface area contributed by atoms with Crippen molar-refractivity contribution in [3.8, 4) is 0 Å². The van der Waals surface area contributed by atoms with Crippen LogP contribution in [0.1, 0.15) is 25.2 Å². The molecule has 88 valence electrons. The molecular weight excluding hydrogens is 202 g/mol. The number of hydrogen-bond donors (Lipinski definition) is 2. The minimum Gasteiger partial charge on any atom is -0.382 e. The Kier molecular flexibility index (Phi) is 3.71. The smallest absolute Gasteiger partial charge is 0.180 e. The lowest BCUT2D eigenvalue weighted by molar-refractivity contribution is 1.07. The van der Waals surface area contributed by atoms with Gasteiger partial charge in [0.25, 0.3) is 0 Å². The predicted octanol–water partition coefficient (Wildman–Crippen LogP) is 2.00. The van der Waals surface area contributed by atoms with Crippen LogP contribution in [0, 0.1) is 13.8 Å². The van der Waals surface area contributed by atoms with E-state index in [2.05, 4.69) is 15.3 Å². The van der Waals surface area contributed by atoms with E-state index in [9.17, 15) is 0 Å². The summed E-state index contributed by atoms with van der Waals surface area (Å²) in [5, 5.41) is 2.98. The molecule has 3 N–H and O–H groups in total. The topological polar surface area (TPSA) is 68.2 Å². The number of nitrogens with two attached hydrogens (primary N) is 1. The number of nitrogen functional groups attached to an aromatic ring is 1. The molecule has 0 amide bonds. The second-order valence-electron chi connectivity index (χ2n) is 3.24. The SMILES string of the molecule is CC.CNc1nc(N)cn2c(C)c(C)nc12. The Labute approximate surface area is 95.7 Å². The van der Waals surface area contributed by atoms with Crippen LogP contribution in [0.3, 0.4) is 0 Å². The van der Waals surface area contributed by atoms with E-state index < -0.39 is 0 Å². The molecule has 0 fully saturated rings. The molecule has 0 aromatic carbocycles. The molecule has 0 aliphatic carbocycles. The van der Waals surface area contributed by atoms with Crippen molar-refractivity contribution in [1.29, 1.82) is 0 Å². The average molecular weight is 221 g/mol. The third-order valence-electron chi connectivity index (χ3n) is 2.34. The minimum atomic E-state index is 0.488. The zero-order chi connectivity index (χ0) is 12.3. The van der Waals surface area contributed by atoms with Gasteiger partial charge in [0.05, 0.1) is 11.9 Å². The molecular formula is C11H19N5. The molecule has 0 spiro atoms. The molecule has 0 radical (unpaired) electrons. The molecule has 2 rings (SSSR count). The lowest BCUT2D eigenvalue weighted by atomic mass is 10.4. The van der Waals surface area contributed by atoms with E-state index in [4.69, 9.17) is 5.73 Å². The summed E-state index contributed by atoms with van der Waals surface area (Å²) < 4.78 is 1.95. The zero-order valence-corrected chi connectivity index (χ0v) is 10.5. The van der Waals surface area contributed by atoms with Crippen LogP contribution in [-0.4, -0.2) is 21.4 Å². The lowest BCUT2D eigenvalue weighted by Gasteiger charge is -2.03. The summed E-state index contributed by atoms with van der Waals surface area (Å²) in [6, 6.07) is 0. The Bertz CT molecular complexity index is 487. The molecule has 0 unspecified atom stereocenters. The Morgan fingerprint density at radius 2 is 1.88 bits per heavy atom. The van der Waals surface area contributed by atoms with Crippen molar-refractivity contribution >= 4 is 17.3 Å². The maximum atomic E-state index is 5.68. The number of aromatic nitrogens is 3. The van der Waals surface area contributed by atoms with Crippen molar-refractivity contribution in [2.45, 2.75) is 27.7 Å². The van der Waals surface area contributed by atoms with Gasteiger partial charge in [0.15, 0.2) is 11.5 Å². The first-order chi connectivity index (χ1) is 7.63. The van der Waals surface area contributed by atoms with E-state index in [1.807, 2.05) is 32.1 Å². The van der Waals surface area contributed by atoms with Gasteiger partial charge in [-0.1, -0.05) is 13.8 Å². The van der Waals surface area contributed by atoms with Gasteiger partial charge in [0, 0.05) is 12.7 Å². The summed E-state index contributed by atoms with van der Waals surface area (Å²) in [6.07, 6.45) is 1.78. The van der Waals surface area contributed by atoms with Crippen molar-refractivity contribution in [3.05, 3.63) is 17.6 Å². The van der Waals surface area contributed by atoms with E-state index in [1.165, 1.54) is 0 Å². The maximum absolute atomic E-state index is 5.68. The van der Waals surface area contributed by atoms with Gasteiger partial charge in [-0.25, -0.2) is 9.97 Å². The standard InChI is InChI=1S/C9H13N5.C2H6/c1-5-6(2)14-4-7(10)13-8(11-3)9(14)12-5;1-2/h4H,10H2,1-3H3,(H,11,13);1-2H3. The fraction of sp³-hybridized carbons (Fsp3) is 0.455. The van der Waals surface area contributed by atoms with Crippen LogP contribution < -0.4 is 11.1 Å². The summed E-state index contributed by atoms with van der Waals surface area (Å²) >= 11 is 0. The van der Waals surface area contributed by atoms with Crippen LogP contribution in [0.5, 0.6) is 0 Å². The minimum absolute atomic E-state index is 0.488. The monoisotopic (exact) mass is 221 g/mol. The first-order valence-corrected chi connectivity index (χ1v) is 5.43. The van der Waals surface area contributed by atoms with Crippen molar-refractivity contribution in [2.75, 3.05) is 18.1 Å². The summed E-state index contributed by atoms with van der Waals surface area (Å²) in [5.41, 5.74) is 8.58. The molecule has 0 bridgehead atoms. The van der Waals surface area contributed by atoms with Crippen LogP contribution in [0.2, 0.25) is 0 Å². The fourth-order valence-electron chi connectivity index (χ4n) is 1.46. The van der Waals surface area contributed by atoms with Gasteiger partial charge in [-0.2, -0.15) is 0 Å². The molecule has 0 atom stereocenters. The Balaban J connectivity index is 0.000000606. The molecule has 2 heterocycles. The summed E-state index contributed by atoms with van der Waals surface area (Å²) in [5.74, 6) is 1.20. The van der Waals surface area contributed by atoms with Gasteiger partial charge in [-0.15, -0.1) is 0 Å². The molecule has 0 saturated carbocycles. The summed E-state index contributed by atoms with van der Waals surface area (Å²) in [6.45, 7) is 7.98. The molecule has 0 aliphatic rings. The number of nitrogens with one attached hydrogen (secondary N) is 1. The number of fused-ring (bicyclic) bond motifs is 1. The molecule has 16 heavy (non-hydrogen) atoms. The molecule has 2 aromatic heterocycles. The first-order valence-electron chi connectivity index (χ1n) is 5.43. The lowest BCUT2D eigenvalue weighted by Crippen LogP contribution is -2.02. The fourth-order valence-corrected chi connectivity index (χ4v) is 1.46. The van der Waals surface area contributed by atoms with Gasteiger partial charge in [0.1, 0.15) is 5.82 Å². The Morgan fingerprint density at radius 3 is 2.44 bits per heavy atom. The second kappa shape index (κ2) is 4.83. The van der Waals surface area contributed by atoms with Crippen LogP contribution in [-0.2, 0) is 0 Å². The summed E-state index contributed by atoms with van der Waals surface area (Å²) in [7, 11) is 1.81.